The van der Waals surface area contributed by atoms with Crippen LogP contribution in [-0.2, 0) is 19.2 Å². The van der Waals surface area contributed by atoms with Gasteiger partial charge in [0, 0.05) is 58.4 Å². The van der Waals surface area contributed by atoms with Crippen molar-refractivity contribution in [1.82, 2.24) is 0 Å². The van der Waals surface area contributed by atoms with Gasteiger partial charge in [0.2, 0.25) is 0 Å². The zero-order valence-corrected chi connectivity index (χ0v) is 36.6. The number of carbonyl (C=O) groups excluding carboxylic acids is 4. The number of esters is 4. The fraction of sp³-hybridized carbons (Fsp3) is 0.481. The Bertz CT molecular complexity index is 2060. The molecule has 10 rings (SSSR count). The molecule has 0 spiro atoms. The first-order valence-electron chi connectivity index (χ1n) is 24.1. The fourth-order valence-electron chi connectivity index (χ4n) is 11.1. The molecule has 4 aromatic carbocycles. The van der Waals surface area contributed by atoms with Crippen LogP contribution in [0.3, 0.4) is 0 Å². The summed E-state index contributed by atoms with van der Waals surface area (Å²) in [5.41, 5.74) is 3.45. The van der Waals surface area contributed by atoms with Crippen LogP contribution in [0.15, 0.2) is 72.8 Å². The van der Waals surface area contributed by atoms with E-state index in [4.69, 9.17) is 28.4 Å². The van der Waals surface area contributed by atoms with Gasteiger partial charge in [-0.25, -0.2) is 0 Å². The predicted octanol–water partition coefficient (Wildman–Crippen LogP) is 12.8. The second-order valence-corrected chi connectivity index (χ2v) is 19.0. The van der Waals surface area contributed by atoms with Crippen LogP contribution >= 0.6 is 0 Å². The van der Waals surface area contributed by atoms with Crippen LogP contribution in [0.4, 0.5) is 0 Å². The van der Waals surface area contributed by atoms with E-state index in [0.717, 1.165) is 151 Å². The minimum atomic E-state index is -0.377. The van der Waals surface area contributed by atoms with Crippen molar-refractivity contribution in [2.45, 2.75) is 140 Å². The van der Waals surface area contributed by atoms with Crippen LogP contribution in [0.1, 0.15) is 163 Å². The molecule has 0 amide bonds. The van der Waals surface area contributed by atoms with Crippen molar-refractivity contribution in [3.63, 3.8) is 0 Å². The van der Waals surface area contributed by atoms with Gasteiger partial charge in [-0.3, -0.25) is 19.2 Å². The first-order valence-corrected chi connectivity index (χ1v) is 24.1. The zero-order valence-electron chi connectivity index (χ0n) is 36.6. The summed E-state index contributed by atoms with van der Waals surface area (Å²) in [5.74, 6) is 1.51. The van der Waals surface area contributed by atoms with Gasteiger partial charge in [0.05, 0.1) is 23.7 Å². The first kappa shape index (κ1) is 42.3. The van der Waals surface area contributed by atoms with Crippen LogP contribution in [0, 0.1) is 23.7 Å². The molecule has 0 saturated heterocycles. The lowest BCUT2D eigenvalue weighted by atomic mass is 9.71. The summed E-state index contributed by atoms with van der Waals surface area (Å²) in [7, 11) is 0. The van der Waals surface area contributed by atoms with E-state index in [0.29, 0.717) is 46.0 Å². The van der Waals surface area contributed by atoms with E-state index in [1.807, 2.05) is 48.5 Å². The maximum absolute atomic E-state index is 13.4. The van der Waals surface area contributed by atoms with Gasteiger partial charge >= 0.3 is 23.9 Å². The highest BCUT2D eigenvalue weighted by Gasteiger charge is 2.41. The quantitative estimate of drug-likeness (QED) is 0.119. The van der Waals surface area contributed by atoms with Gasteiger partial charge < -0.3 is 28.4 Å². The van der Waals surface area contributed by atoms with Gasteiger partial charge in [0.1, 0.15) is 46.0 Å². The minimum absolute atomic E-state index is 0.130. The number of ether oxygens (including phenoxy) is 6. The largest absolute Gasteiger partial charge is 0.456 e. The normalized spacial score (nSPS) is 19.7. The van der Waals surface area contributed by atoms with Crippen molar-refractivity contribution in [2.75, 3.05) is 0 Å². The molecule has 0 aromatic heterocycles. The number of hydrogen-bond donors (Lipinski definition) is 0. The van der Waals surface area contributed by atoms with E-state index in [1.54, 1.807) is 24.3 Å². The minimum Gasteiger partial charge on any atom is -0.456 e. The summed E-state index contributed by atoms with van der Waals surface area (Å²) in [4.78, 5) is 53.5. The Labute approximate surface area is 375 Å². The van der Waals surface area contributed by atoms with Crippen molar-refractivity contribution in [2.24, 2.45) is 23.7 Å². The molecule has 4 fully saturated rings. The zero-order chi connectivity index (χ0) is 43.6. The van der Waals surface area contributed by atoms with Crippen molar-refractivity contribution >= 4 is 23.9 Å². The Morgan fingerprint density at radius 3 is 0.766 bits per heavy atom. The smallest absolute Gasteiger partial charge is 0.314 e. The Kier molecular flexibility index (Phi) is 12.5. The van der Waals surface area contributed by atoms with E-state index < -0.39 is 0 Å². The molecule has 0 bridgehead atoms. The van der Waals surface area contributed by atoms with Crippen molar-refractivity contribution in [3.05, 3.63) is 95.1 Å². The molecule has 10 heteroatoms. The molecule has 0 radical (unpaired) electrons. The molecule has 4 saturated carbocycles. The maximum Gasteiger partial charge on any atom is 0.314 e. The van der Waals surface area contributed by atoms with Gasteiger partial charge in [-0.05, 0) is 75.6 Å². The monoisotopic (exact) mass is 866 g/mol. The van der Waals surface area contributed by atoms with E-state index in [-0.39, 0.29) is 59.4 Å². The Morgan fingerprint density at radius 2 is 0.547 bits per heavy atom. The second-order valence-electron chi connectivity index (χ2n) is 19.0. The summed E-state index contributed by atoms with van der Waals surface area (Å²) in [5, 5.41) is 0. The predicted molar refractivity (Wildman–Crippen MR) is 238 cm³/mol. The van der Waals surface area contributed by atoms with Crippen LogP contribution in [0.5, 0.6) is 46.0 Å². The number of hydrogen-bond acceptors (Lipinski definition) is 10. The van der Waals surface area contributed by atoms with Gasteiger partial charge in [-0.1, -0.05) is 101 Å². The van der Waals surface area contributed by atoms with Crippen molar-refractivity contribution in [1.29, 1.82) is 0 Å². The molecule has 6 aliphatic rings. The van der Waals surface area contributed by atoms with Gasteiger partial charge in [0.15, 0.2) is 0 Å². The average Bonchev–Trinajstić information content (AvgIpc) is 3.33. The molecular weight excluding hydrogens is 809 g/mol. The molecule has 4 aromatic rings. The average molecular weight is 867 g/mol. The van der Waals surface area contributed by atoms with Crippen molar-refractivity contribution < 1.29 is 47.6 Å². The fourth-order valence-corrected chi connectivity index (χ4v) is 11.1. The molecule has 0 atom stereocenters. The summed E-state index contributed by atoms with van der Waals surface area (Å²) in [6.07, 6.45) is 19.2. The standard InChI is InChI=1S/C54H58O10/c55-51(33-13-5-1-6-14-33)59-37-21-25-41-45(29-37)63-46-30-38(60-52(56)34-15-7-2-8-16-34)22-26-42(46)49(41)50-43-27-23-39(61-53(57)35-17-9-3-10-18-35)31-47(43)64-48-32-40(24-28-44(48)50)62-54(58)36-19-11-4-12-20-36/h21-36,49-50H,1-20H2. The summed E-state index contributed by atoms with van der Waals surface area (Å²) in [6.45, 7) is 0. The second kappa shape index (κ2) is 18.8. The lowest BCUT2D eigenvalue weighted by molar-refractivity contribution is -0.140. The summed E-state index contributed by atoms with van der Waals surface area (Å²) in [6, 6.07) is 22.4. The van der Waals surface area contributed by atoms with Gasteiger partial charge in [-0.2, -0.15) is 0 Å². The highest BCUT2D eigenvalue weighted by molar-refractivity contribution is 5.78. The molecule has 4 aliphatic carbocycles. The molecule has 64 heavy (non-hydrogen) atoms. The lowest BCUT2D eigenvalue weighted by Crippen LogP contribution is -2.25. The molecule has 334 valence electrons. The SMILES string of the molecule is O=C(Oc1ccc2c(c1)Oc1cc(OC(=O)C3CCCCC3)ccc1C2C1c2ccc(OC(=O)C3CCCCC3)cc2Oc2cc(OC(=O)C3CCCCC3)ccc21)C1CCCCC1. The van der Waals surface area contributed by atoms with Gasteiger partial charge in [0.25, 0.3) is 0 Å². The Balaban J connectivity index is 1.04. The first-order chi connectivity index (χ1) is 31.3. The topological polar surface area (TPSA) is 124 Å². The highest BCUT2D eigenvalue weighted by atomic mass is 16.6. The summed E-state index contributed by atoms with van der Waals surface area (Å²) < 4.78 is 37.6. The van der Waals surface area contributed by atoms with E-state index in [2.05, 4.69) is 0 Å². The maximum atomic E-state index is 13.4. The molecule has 0 unspecified atom stereocenters. The molecule has 0 N–H and O–H groups in total. The molecular formula is C54H58O10. The van der Waals surface area contributed by atoms with Crippen LogP contribution in [-0.4, -0.2) is 23.9 Å². The molecule has 10 nitrogen and oxygen atoms in total. The summed E-state index contributed by atoms with van der Waals surface area (Å²) >= 11 is 0. The highest BCUT2D eigenvalue weighted by Crippen LogP contribution is 2.59. The number of carbonyl (C=O) groups is 4. The van der Waals surface area contributed by atoms with E-state index in [1.165, 1.54) is 0 Å². The third-order valence-electron chi connectivity index (χ3n) is 14.7. The third-order valence-corrected chi connectivity index (χ3v) is 14.7. The van der Waals surface area contributed by atoms with E-state index in [9.17, 15) is 19.2 Å². The molecule has 2 heterocycles. The number of benzene rings is 4. The van der Waals surface area contributed by atoms with Crippen LogP contribution in [0.25, 0.3) is 0 Å². The third kappa shape index (κ3) is 9.02. The number of fused-ring (bicyclic) bond motifs is 4. The Morgan fingerprint density at radius 1 is 0.328 bits per heavy atom. The van der Waals surface area contributed by atoms with E-state index >= 15 is 0 Å². The lowest BCUT2D eigenvalue weighted by Gasteiger charge is -2.38. The van der Waals surface area contributed by atoms with Crippen molar-refractivity contribution in [3.8, 4) is 46.0 Å². The molecule has 2 aliphatic heterocycles. The van der Waals surface area contributed by atoms with Crippen LogP contribution < -0.4 is 28.4 Å². The van der Waals surface area contributed by atoms with Crippen LogP contribution in [0.2, 0.25) is 0 Å². The van der Waals surface area contributed by atoms with Gasteiger partial charge in [-0.15, -0.1) is 0 Å². The number of rotatable bonds is 9. The Hall–Kier alpha value is -5.64.